The van der Waals surface area contributed by atoms with Gasteiger partial charge in [0.15, 0.2) is 0 Å². The van der Waals surface area contributed by atoms with Gasteiger partial charge in [-0.25, -0.2) is 8.42 Å². The molecule has 7 nitrogen and oxygen atoms in total. The second-order valence-electron chi connectivity index (χ2n) is 10.1. The first kappa shape index (κ1) is 28.4. The molecule has 11 heteroatoms. The number of nitrogens with one attached hydrogen (secondary N) is 3. The molecule has 39 heavy (non-hydrogen) atoms. The van der Waals surface area contributed by atoms with Crippen LogP contribution in [0.5, 0.6) is 0 Å². The first-order valence-corrected chi connectivity index (χ1v) is 16.0. The number of hydrogen-bond acceptors (Lipinski definition) is 5. The van der Waals surface area contributed by atoms with Gasteiger partial charge in [0, 0.05) is 50.5 Å². The topological polar surface area (TPSA) is 90.5 Å². The SMILES string of the molecule is CS(=O)(=O)N(Cc1ccc(Br)cc1NC1(Cc2cccc(Cl)c2)C(=O)Nc2cc(Cl)ccc21)C1CCNCC1. The van der Waals surface area contributed by atoms with Gasteiger partial charge < -0.3 is 16.0 Å². The van der Waals surface area contributed by atoms with Crippen LogP contribution in [0.2, 0.25) is 10.0 Å². The Kier molecular flexibility index (Phi) is 8.29. The first-order valence-electron chi connectivity index (χ1n) is 12.7. The highest BCUT2D eigenvalue weighted by molar-refractivity contribution is 9.10. The minimum absolute atomic E-state index is 0.101. The maximum Gasteiger partial charge on any atom is 0.255 e. The molecule has 3 aromatic carbocycles. The molecule has 2 aliphatic rings. The fourth-order valence-corrected chi connectivity index (χ4v) is 7.32. The molecular formula is C28H29BrCl2N4O3S. The van der Waals surface area contributed by atoms with Gasteiger partial charge in [0.05, 0.1) is 6.26 Å². The molecule has 1 atom stereocenters. The van der Waals surface area contributed by atoms with Crippen LogP contribution in [0.4, 0.5) is 11.4 Å². The number of benzene rings is 3. The molecule has 0 radical (unpaired) electrons. The Morgan fingerprint density at radius 2 is 1.79 bits per heavy atom. The average molecular weight is 652 g/mol. The van der Waals surface area contributed by atoms with Crippen LogP contribution in [-0.2, 0) is 33.3 Å². The van der Waals surface area contributed by atoms with E-state index in [9.17, 15) is 13.2 Å². The molecule has 206 valence electrons. The van der Waals surface area contributed by atoms with Crippen LogP contribution in [0.3, 0.4) is 0 Å². The fraction of sp³-hybridized carbons (Fsp3) is 0.321. The molecule has 3 aromatic rings. The smallest absolute Gasteiger partial charge is 0.255 e. The summed E-state index contributed by atoms with van der Waals surface area (Å²) < 4.78 is 28.2. The molecule has 1 amide bonds. The Hall–Kier alpha value is -2.14. The Morgan fingerprint density at radius 1 is 1.05 bits per heavy atom. The Bertz CT molecular complexity index is 1510. The number of hydrogen-bond donors (Lipinski definition) is 3. The zero-order chi connectivity index (χ0) is 27.8. The number of carbonyl (C=O) groups excluding carboxylic acids is 1. The summed E-state index contributed by atoms with van der Waals surface area (Å²) in [5.74, 6) is -0.232. The van der Waals surface area contributed by atoms with Crippen LogP contribution >= 0.6 is 39.1 Å². The Morgan fingerprint density at radius 3 is 2.51 bits per heavy atom. The van der Waals surface area contributed by atoms with E-state index in [2.05, 4.69) is 31.9 Å². The summed E-state index contributed by atoms with van der Waals surface area (Å²) in [5, 5.41) is 10.9. The number of amides is 1. The Labute approximate surface area is 247 Å². The van der Waals surface area contributed by atoms with Crippen molar-refractivity contribution in [3.8, 4) is 0 Å². The van der Waals surface area contributed by atoms with E-state index in [1.807, 2.05) is 42.5 Å². The number of nitrogens with zero attached hydrogens (tertiary/aromatic N) is 1. The largest absolute Gasteiger partial charge is 0.367 e. The summed E-state index contributed by atoms with van der Waals surface area (Å²) in [6.07, 6.45) is 3.04. The van der Waals surface area contributed by atoms with Gasteiger partial charge >= 0.3 is 0 Å². The predicted octanol–water partition coefficient (Wildman–Crippen LogP) is 5.77. The molecule has 2 heterocycles. The number of halogens is 3. The normalized spacial score (nSPS) is 19.7. The van der Waals surface area contributed by atoms with E-state index in [4.69, 9.17) is 23.2 Å². The molecule has 2 aliphatic heterocycles. The molecule has 3 N–H and O–H groups in total. The zero-order valence-electron chi connectivity index (χ0n) is 21.3. The lowest BCUT2D eigenvalue weighted by atomic mass is 9.84. The standard InChI is InChI=1S/C28H29BrCl2N4O3S/c1-39(37,38)35(23-9-11-32-12-10-23)17-19-5-6-20(29)14-25(19)34-28(16-18-3-2-4-21(30)13-18)24-8-7-22(31)15-26(24)33-27(28)36/h2-8,13-15,23,32,34H,9-12,16-17H2,1H3,(H,33,36). The van der Waals surface area contributed by atoms with Gasteiger partial charge in [-0.1, -0.05) is 63.4 Å². The van der Waals surface area contributed by atoms with Crippen molar-refractivity contribution >= 4 is 66.4 Å². The van der Waals surface area contributed by atoms with Crippen molar-refractivity contribution in [1.82, 2.24) is 9.62 Å². The van der Waals surface area contributed by atoms with E-state index in [-0.39, 0.29) is 18.5 Å². The first-order chi connectivity index (χ1) is 18.5. The van der Waals surface area contributed by atoms with Gasteiger partial charge in [0.1, 0.15) is 5.54 Å². The number of anilines is 2. The van der Waals surface area contributed by atoms with Gasteiger partial charge in [-0.05, 0) is 73.5 Å². The van der Waals surface area contributed by atoms with E-state index < -0.39 is 15.6 Å². The predicted molar refractivity (Wildman–Crippen MR) is 161 cm³/mol. The number of carbonyl (C=O) groups is 1. The number of rotatable bonds is 8. The van der Waals surface area contributed by atoms with Crippen LogP contribution < -0.4 is 16.0 Å². The fourth-order valence-electron chi connectivity index (χ4n) is 5.45. The lowest BCUT2D eigenvalue weighted by Crippen LogP contribution is -2.46. The third-order valence-corrected chi connectivity index (χ3v) is 9.57. The summed E-state index contributed by atoms with van der Waals surface area (Å²) in [6.45, 7) is 1.72. The minimum Gasteiger partial charge on any atom is -0.367 e. The van der Waals surface area contributed by atoms with E-state index in [1.54, 1.807) is 22.5 Å². The van der Waals surface area contributed by atoms with Crippen molar-refractivity contribution in [3.05, 3.63) is 91.9 Å². The minimum atomic E-state index is -3.49. The Balaban J connectivity index is 1.59. The van der Waals surface area contributed by atoms with Crippen molar-refractivity contribution in [2.24, 2.45) is 0 Å². The van der Waals surface area contributed by atoms with E-state index in [0.29, 0.717) is 27.8 Å². The zero-order valence-corrected chi connectivity index (χ0v) is 25.2. The average Bonchev–Trinajstić information content (AvgIpc) is 3.13. The monoisotopic (exact) mass is 650 g/mol. The lowest BCUT2D eigenvalue weighted by Gasteiger charge is -2.35. The highest BCUT2D eigenvalue weighted by Gasteiger charge is 2.47. The number of fused-ring (bicyclic) bond motifs is 1. The van der Waals surface area contributed by atoms with E-state index in [0.717, 1.165) is 47.1 Å². The quantitative estimate of drug-likeness (QED) is 0.288. The summed E-state index contributed by atoms with van der Waals surface area (Å²) in [7, 11) is -3.49. The van der Waals surface area contributed by atoms with Crippen molar-refractivity contribution in [2.45, 2.75) is 37.4 Å². The third-order valence-electron chi connectivity index (χ3n) is 7.32. The molecule has 1 unspecified atom stereocenters. The van der Waals surface area contributed by atoms with Crippen molar-refractivity contribution < 1.29 is 13.2 Å². The van der Waals surface area contributed by atoms with Crippen LogP contribution in [0.1, 0.15) is 29.5 Å². The second kappa shape index (κ2) is 11.4. The van der Waals surface area contributed by atoms with E-state index in [1.165, 1.54) is 6.26 Å². The highest BCUT2D eigenvalue weighted by Crippen LogP contribution is 2.43. The van der Waals surface area contributed by atoms with Gasteiger partial charge in [-0.15, -0.1) is 0 Å². The van der Waals surface area contributed by atoms with Crippen molar-refractivity contribution in [3.63, 3.8) is 0 Å². The summed E-state index contributed by atoms with van der Waals surface area (Å²) >= 11 is 16.1. The molecular weight excluding hydrogens is 623 g/mol. The molecule has 1 saturated heterocycles. The van der Waals surface area contributed by atoms with Gasteiger partial charge in [0.25, 0.3) is 5.91 Å². The van der Waals surface area contributed by atoms with Crippen molar-refractivity contribution in [1.29, 1.82) is 0 Å². The maximum absolute atomic E-state index is 13.8. The number of sulfonamides is 1. The second-order valence-corrected chi connectivity index (χ2v) is 13.8. The molecule has 0 saturated carbocycles. The van der Waals surface area contributed by atoms with Gasteiger partial charge in [-0.3, -0.25) is 4.79 Å². The molecule has 0 aromatic heterocycles. The number of piperidine rings is 1. The summed E-state index contributed by atoms with van der Waals surface area (Å²) in [4.78, 5) is 13.8. The molecule has 0 aliphatic carbocycles. The molecule has 0 spiro atoms. The van der Waals surface area contributed by atoms with Crippen molar-refractivity contribution in [2.75, 3.05) is 30.0 Å². The van der Waals surface area contributed by atoms with Crippen LogP contribution in [0.15, 0.2) is 65.1 Å². The maximum atomic E-state index is 13.8. The molecule has 5 rings (SSSR count). The van der Waals surface area contributed by atoms with Crippen LogP contribution in [0.25, 0.3) is 0 Å². The van der Waals surface area contributed by atoms with Gasteiger partial charge in [0.2, 0.25) is 10.0 Å². The summed E-state index contributed by atoms with van der Waals surface area (Å²) in [6, 6.07) is 18.3. The summed E-state index contributed by atoms with van der Waals surface area (Å²) in [5.41, 5.74) is 2.49. The molecule has 1 fully saturated rings. The lowest BCUT2D eigenvalue weighted by molar-refractivity contribution is -0.119. The third kappa shape index (κ3) is 6.14. The van der Waals surface area contributed by atoms with Crippen LogP contribution in [-0.4, -0.2) is 44.0 Å². The highest BCUT2D eigenvalue weighted by atomic mass is 79.9. The van der Waals surface area contributed by atoms with E-state index >= 15 is 0 Å². The van der Waals surface area contributed by atoms with Crippen LogP contribution in [0, 0.1) is 0 Å². The molecule has 0 bridgehead atoms. The van der Waals surface area contributed by atoms with Gasteiger partial charge in [-0.2, -0.15) is 4.31 Å².